The number of hydrogen-bond donors (Lipinski definition) is 0. The Morgan fingerprint density at radius 2 is 1.94 bits per heavy atom. The lowest BCUT2D eigenvalue weighted by Gasteiger charge is -2.09. The van der Waals surface area contributed by atoms with E-state index in [9.17, 15) is 10.1 Å². The standard InChI is InChI=1S/C15H17NO2/c1-3-8-13(12-9-6-5-7-10-12)14(11-16)15(17)18-4-2/h5-7,9-10H,3-4,8H2,1-2H3/b14-13-. The predicted molar refractivity (Wildman–Crippen MR) is 70.5 cm³/mol. The Balaban J connectivity index is 3.23. The lowest BCUT2D eigenvalue weighted by atomic mass is 9.96. The highest BCUT2D eigenvalue weighted by Crippen LogP contribution is 2.24. The van der Waals surface area contributed by atoms with Gasteiger partial charge in [0.15, 0.2) is 0 Å². The van der Waals surface area contributed by atoms with E-state index in [4.69, 9.17) is 4.74 Å². The number of carbonyl (C=O) groups excluding carboxylic acids is 1. The quantitative estimate of drug-likeness (QED) is 0.453. The van der Waals surface area contributed by atoms with Crippen LogP contribution in [0.2, 0.25) is 0 Å². The third-order valence-corrected chi connectivity index (χ3v) is 2.52. The SMILES string of the molecule is CCC/C(=C(\C#N)C(=O)OCC)c1ccccc1. The van der Waals surface area contributed by atoms with Crippen LogP contribution in [-0.2, 0) is 9.53 Å². The van der Waals surface area contributed by atoms with Crippen LogP contribution in [0.15, 0.2) is 35.9 Å². The fourth-order valence-electron chi connectivity index (χ4n) is 1.74. The maximum Gasteiger partial charge on any atom is 0.349 e. The van der Waals surface area contributed by atoms with E-state index in [0.717, 1.165) is 17.6 Å². The molecule has 0 amide bonds. The van der Waals surface area contributed by atoms with Crippen LogP contribution in [0.1, 0.15) is 32.3 Å². The molecule has 0 fully saturated rings. The number of esters is 1. The topological polar surface area (TPSA) is 50.1 Å². The largest absolute Gasteiger partial charge is 0.462 e. The number of hydrogen-bond acceptors (Lipinski definition) is 3. The molecule has 1 aromatic rings. The van der Waals surface area contributed by atoms with Crippen LogP contribution in [0.25, 0.3) is 5.57 Å². The van der Waals surface area contributed by atoms with Gasteiger partial charge in [0.05, 0.1) is 6.61 Å². The van der Waals surface area contributed by atoms with Crippen molar-refractivity contribution in [2.75, 3.05) is 6.61 Å². The van der Waals surface area contributed by atoms with Gasteiger partial charge in [-0.1, -0.05) is 43.7 Å². The Labute approximate surface area is 108 Å². The monoisotopic (exact) mass is 243 g/mol. The van der Waals surface area contributed by atoms with Gasteiger partial charge in [-0.3, -0.25) is 0 Å². The molecular weight excluding hydrogens is 226 g/mol. The maximum atomic E-state index is 11.8. The van der Waals surface area contributed by atoms with E-state index < -0.39 is 5.97 Å². The lowest BCUT2D eigenvalue weighted by molar-refractivity contribution is -0.137. The zero-order chi connectivity index (χ0) is 13.4. The van der Waals surface area contributed by atoms with Gasteiger partial charge >= 0.3 is 5.97 Å². The molecule has 1 rings (SSSR count). The molecule has 0 heterocycles. The Morgan fingerprint density at radius 1 is 1.28 bits per heavy atom. The molecule has 0 saturated heterocycles. The molecule has 0 saturated carbocycles. The van der Waals surface area contributed by atoms with Crippen LogP contribution in [-0.4, -0.2) is 12.6 Å². The third kappa shape index (κ3) is 3.46. The van der Waals surface area contributed by atoms with Crippen LogP contribution >= 0.6 is 0 Å². The highest BCUT2D eigenvalue weighted by atomic mass is 16.5. The van der Waals surface area contributed by atoms with E-state index in [-0.39, 0.29) is 12.2 Å². The van der Waals surface area contributed by atoms with Crippen LogP contribution in [0.5, 0.6) is 0 Å². The van der Waals surface area contributed by atoms with E-state index in [1.807, 2.05) is 43.3 Å². The zero-order valence-corrected chi connectivity index (χ0v) is 10.8. The van der Waals surface area contributed by atoms with Gasteiger partial charge < -0.3 is 4.74 Å². The van der Waals surface area contributed by atoms with Crippen molar-refractivity contribution in [3.8, 4) is 6.07 Å². The molecule has 94 valence electrons. The summed E-state index contributed by atoms with van der Waals surface area (Å²) in [6.07, 6.45) is 1.56. The van der Waals surface area contributed by atoms with Crippen LogP contribution in [0, 0.1) is 11.3 Å². The summed E-state index contributed by atoms with van der Waals surface area (Å²) in [5, 5.41) is 9.17. The van der Waals surface area contributed by atoms with Gasteiger partial charge in [0.2, 0.25) is 0 Å². The molecule has 0 bridgehead atoms. The molecule has 0 atom stereocenters. The number of carbonyl (C=O) groups is 1. The molecule has 18 heavy (non-hydrogen) atoms. The van der Waals surface area contributed by atoms with Gasteiger partial charge in [0.25, 0.3) is 0 Å². The minimum absolute atomic E-state index is 0.116. The van der Waals surface area contributed by atoms with Gasteiger partial charge in [-0.25, -0.2) is 4.79 Å². The first-order chi connectivity index (χ1) is 8.74. The van der Waals surface area contributed by atoms with Gasteiger partial charge in [0.1, 0.15) is 11.6 Å². The summed E-state index contributed by atoms with van der Waals surface area (Å²) in [4.78, 5) is 11.8. The smallest absolute Gasteiger partial charge is 0.349 e. The van der Waals surface area contributed by atoms with Gasteiger partial charge in [-0.05, 0) is 24.5 Å². The van der Waals surface area contributed by atoms with Crippen molar-refractivity contribution >= 4 is 11.5 Å². The minimum Gasteiger partial charge on any atom is -0.462 e. The number of rotatable bonds is 5. The predicted octanol–water partition coefficient (Wildman–Crippen LogP) is 3.33. The van der Waals surface area contributed by atoms with Crippen LogP contribution < -0.4 is 0 Å². The average Bonchev–Trinajstić information content (AvgIpc) is 2.40. The molecule has 3 heteroatoms. The fraction of sp³-hybridized carbons (Fsp3) is 0.333. The van der Waals surface area contributed by atoms with Crippen LogP contribution in [0.4, 0.5) is 0 Å². The zero-order valence-electron chi connectivity index (χ0n) is 10.8. The molecule has 1 aromatic carbocycles. The number of nitrogens with zero attached hydrogens (tertiary/aromatic N) is 1. The molecule has 0 aliphatic heterocycles. The highest BCUT2D eigenvalue weighted by molar-refractivity contribution is 6.01. The molecule has 0 N–H and O–H groups in total. The van der Waals surface area contributed by atoms with E-state index in [0.29, 0.717) is 6.42 Å². The Hall–Kier alpha value is -2.08. The second-order valence-electron chi connectivity index (χ2n) is 3.80. The summed E-state index contributed by atoms with van der Waals surface area (Å²) in [7, 11) is 0. The normalized spacial score (nSPS) is 11.4. The van der Waals surface area contributed by atoms with Crippen molar-refractivity contribution < 1.29 is 9.53 Å². The van der Waals surface area contributed by atoms with Crippen LogP contribution in [0.3, 0.4) is 0 Å². The summed E-state index contributed by atoms with van der Waals surface area (Å²) in [5.41, 5.74) is 1.79. The third-order valence-electron chi connectivity index (χ3n) is 2.52. The van der Waals surface area contributed by atoms with E-state index in [1.54, 1.807) is 6.92 Å². The van der Waals surface area contributed by atoms with Crippen molar-refractivity contribution in [1.29, 1.82) is 5.26 Å². The summed E-state index contributed by atoms with van der Waals surface area (Å²) >= 11 is 0. The van der Waals surface area contributed by atoms with Gasteiger partial charge in [-0.15, -0.1) is 0 Å². The van der Waals surface area contributed by atoms with Crippen molar-refractivity contribution in [2.45, 2.75) is 26.7 Å². The maximum absolute atomic E-state index is 11.8. The molecule has 0 aromatic heterocycles. The van der Waals surface area contributed by atoms with Gasteiger partial charge in [-0.2, -0.15) is 5.26 Å². The van der Waals surface area contributed by atoms with Crippen molar-refractivity contribution in [1.82, 2.24) is 0 Å². The number of allylic oxidation sites excluding steroid dienone is 1. The molecule has 0 aliphatic carbocycles. The summed E-state index contributed by atoms with van der Waals surface area (Å²) in [5.74, 6) is -0.535. The molecule has 3 nitrogen and oxygen atoms in total. The molecule has 0 unspecified atom stereocenters. The molecule has 0 radical (unpaired) electrons. The first kappa shape index (κ1) is 14.0. The van der Waals surface area contributed by atoms with Crippen molar-refractivity contribution in [3.05, 3.63) is 41.5 Å². The number of benzene rings is 1. The van der Waals surface area contributed by atoms with E-state index >= 15 is 0 Å². The van der Waals surface area contributed by atoms with Crippen molar-refractivity contribution in [2.24, 2.45) is 0 Å². The summed E-state index contributed by atoms with van der Waals surface area (Å²) < 4.78 is 4.92. The number of nitriles is 1. The van der Waals surface area contributed by atoms with Crippen molar-refractivity contribution in [3.63, 3.8) is 0 Å². The van der Waals surface area contributed by atoms with E-state index in [1.165, 1.54) is 0 Å². The average molecular weight is 243 g/mol. The molecular formula is C15H17NO2. The Kier molecular flexibility index (Phi) is 5.66. The fourth-order valence-corrected chi connectivity index (χ4v) is 1.74. The molecule has 0 spiro atoms. The first-order valence-electron chi connectivity index (χ1n) is 6.10. The second-order valence-corrected chi connectivity index (χ2v) is 3.80. The Morgan fingerprint density at radius 3 is 2.44 bits per heavy atom. The highest BCUT2D eigenvalue weighted by Gasteiger charge is 2.17. The number of ether oxygens (including phenoxy) is 1. The van der Waals surface area contributed by atoms with Gasteiger partial charge in [0, 0.05) is 0 Å². The lowest BCUT2D eigenvalue weighted by Crippen LogP contribution is -2.09. The second kappa shape index (κ2) is 7.29. The molecule has 0 aliphatic rings. The minimum atomic E-state index is -0.535. The first-order valence-corrected chi connectivity index (χ1v) is 6.10. The summed E-state index contributed by atoms with van der Waals surface area (Å²) in [6, 6.07) is 11.5. The van der Waals surface area contributed by atoms with E-state index in [2.05, 4.69) is 0 Å². The Bertz CT molecular complexity index is 469. The summed E-state index contributed by atoms with van der Waals surface area (Å²) in [6.45, 7) is 4.02.